The van der Waals surface area contributed by atoms with Gasteiger partial charge in [-0.25, -0.2) is 0 Å². The van der Waals surface area contributed by atoms with E-state index in [0.717, 1.165) is 17.9 Å². The molecule has 96 valence electrons. The van der Waals surface area contributed by atoms with Crippen LogP contribution in [-0.4, -0.2) is 13.1 Å². The average Bonchev–Trinajstić information content (AvgIpc) is 2.74. The van der Waals surface area contributed by atoms with Crippen molar-refractivity contribution >= 4 is 38.9 Å². The molecule has 1 aromatic heterocycles. The highest BCUT2D eigenvalue weighted by atomic mass is 79.9. The van der Waals surface area contributed by atoms with Crippen molar-refractivity contribution in [1.82, 2.24) is 5.32 Å². The summed E-state index contributed by atoms with van der Waals surface area (Å²) in [7, 11) is 2.01. The van der Waals surface area contributed by atoms with Crippen LogP contribution in [0.5, 0.6) is 0 Å². The van der Waals surface area contributed by atoms with E-state index in [0.29, 0.717) is 6.04 Å². The molecule has 1 N–H and O–H groups in total. The Hall–Kier alpha value is -0.350. The summed E-state index contributed by atoms with van der Waals surface area (Å²) in [6.07, 6.45) is 2.03. The predicted molar refractivity (Wildman–Crippen MR) is 83.7 cm³/mol. The van der Waals surface area contributed by atoms with Gasteiger partial charge in [-0.2, -0.15) is 0 Å². The van der Waals surface area contributed by atoms with Crippen molar-refractivity contribution < 1.29 is 0 Å². The van der Waals surface area contributed by atoms with Crippen LogP contribution in [0.2, 0.25) is 5.02 Å². The summed E-state index contributed by atoms with van der Waals surface area (Å²) in [6, 6.07) is 12.8. The normalized spacial score (nSPS) is 12.6. The molecule has 1 nitrogen and oxygen atoms in total. The van der Waals surface area contributed by atoms with Crippen LogP contribution in [0.3, 0.4) is 0 Å². The van der Waals surface area contributed by atoms with Crippen LogP contribution in [0.4, 0.5) is 0 Å². The molecule has 1 atom stereocenters. The highest BCUT2D eigenvalue weighted by Gasteiger charge is 2.10. The minimum atomic E-state index is 0.439. The third kappa shape index (κ3) is 4.09. The second kappa shape index (κ2) is 6.71. The van der Waals surface area contributed by atoms with Crippen molar-refractivity contribution in [3.63, 3.8) is 0 Å². The minimum Gasteiger partial charge on any atom is -0.316 e. The smallest absolute Gasteiger partial charge is 0.0701 e. The van der Waals surface area contributed by atoms with Crippen LogP contribution in [0, 0.1) is 0 Å². The first-order chi connectivity index (χ1) is 8.67. The molecular formula is C14H15BrClNS. The van der Waals surface area contributed by atoms with E-state index in [2.05, 4.69) is 39.4 Å². The Kier molecular flexibility index (Phi) is 5.25. The lowest BCUT2D eigenvalue weighted by molar-refractivity contribution is 0.560. The third-order valence-electron chi connectivity index (χ3n) is 2.86. The van der Waals surface area contributed by atoms with Gasteiger partial charge >= 0.3 is 0 Å². The molecule has 0 fully saturated rings. The lowest BCUT2D eigenvalue weighted by atomic mass is 10.0. The molecule has 1 unspecified atom stereocenters. The topological polar surface area (TPSA) is 12.0 Å². The molecule has 4 heteroatoms. The maximum Gasteiger partial charge on any atom is 0.0701 e. The molecule has 0 aliphatic rings. The van der Waals surface area contributed by atoms with Gasteiger partial charge in [0.25, 0.3) is 0 Å². The molecule has 0 aliphatic carbocycles. The molecule has 0 spiro atoms. The second-order valence-corrected chi connectivity index (χ2v) is 7.21. The monoisotopic (exact) mass is 343 g/mol. The Morgan fingerprint density at radius 1 is 1.28 bits per heavy atom. The van der Waals surface area contributed by atoms with Gasteiger partial charge in [0.15, 0.2) is 0 Å². The van der Waals surface area contributed by atoms with Gasteiger partial charge < -0.3 is 5.32 Å². The zero-order valence-corrected chi connectivity index (χ0v) is 13.3. The molecule has 0 bridgehead atoms. The van der Waals surface area contributed by atoms with E-state index in [9.17, 15) is 0 Å². The highest BCUT2D eigenvalue weighted by Crippen LogP contribution is 2.24. The summed E-state index contributed by atoms with van der Waals surface area (Å²) in [4.78, 5) is 1.39. The number of nitrogens with one attached hydrogen (secondary N) is 1. The Bertz CT molecular complexity index is 512. The van der Waals surface area contributed by atoms with Crippen molar-refractivity contribution in [1.29, 1.82) is 0 Å². The van der Waals surface area contributed by atoms with Crippen LogP contribution in [0.15, 0.2) is 40.2 Å². The molecule has 1 heterocycles. The van der Waals surface area contributed by atoms with E-state index in [1.165, 1.54) is 14.2 Å². The molecule has 0 aliphatic heterocycles. The Labute approximate surface area is 125 Å². The van der Waals surface area contributed by atoms with Crippen LogP contribution in [0.25, 0.3) is 0 Å². The van der Waals surface area contributed by atoms with Gasteiger partial charge in [0.2, 0.25) is 0 Å². The van der Waals surface area contributed by atoms with Crippen LogP contribution < -0.4 is 5.32 Å². The van der Waals surface area contributed by atoms with Gasteiger partial charge in [-0.1, -0.05) is 23.7 Å². The SMILES string of the molecule is CNC(Cc1cccc(Cl)c1)Cc1ccc(Br)s1. The number of likely N-dealkylation sites (N-methyl/N-ethyl adjacent to an activating group) is 1. The Morgan fingerprint density at radius 2 is 2.11 bits per heavy atom. The number of halogens is 2. The molecule has 18 heavy (non-hydrogen) atoms. The van der Waals surface area contributed by atoms with Gasteiger partial charge in [0, 0.05) is 15.9 Å². The molecule has 1 aromatic carbocycles. The van der Waals surface area contributed by atoms with E-state index in [1.54, 1.807) is 11.3 Å². The maximum absolute atomic E-state index is 6.01. The van der Waals surface area contributed by atoms with E-state index in [1.807, 2.05) is 25.2 Å². The lowest BCUT2D eigenvalue weighted by Crippen LogP contribution is -2.29. The van der Waals surface area contributed by atoms with E-state index in [4.69, 9.17) is 11.6 Å². The second-order valence-electron chi connectivity index (χ2n) is 4.23. The van der Waals surface area contributed by atoms with Gasteiger partial charge in [0.05, 0.1) is 3.79 Å². The zero-order chi connectivity index (χ0) is 13.0. The van der Waals surface area contributed by atoms with E-state index < -0.39 is 0 Å². The standard InChI is InChI=1S/C14H15BrClNS/c1-17-12(9-13-5-6-14(15)18-13)8-10-3-2-4-11(16)7-10/h2-7,12,17H,8-9H2,1H3. The summed E-state index contributed by atoms with van der Waals surface area (Å²) in [5, 5.41) is 4.18. The van der Waals surface area contributed by atoms with Gasteiger partial charge in [0.1, 0.15) is 0 Å². The summed E-state index contributed by atoms with van der Waals surface area (Å²) in [5.41, 5.74) is 1.28. The fraction of sp³-hybridized carbons (Fsp3) is 0.286. The zero-order valence-electron chi connectivity index (χ0n) is 10.1. The number of hydrogen-bond acceptors (Lipinski definition) is 2. The fourth-order valence-electron chi connectivity index (χ4n) is 1.93. The molecule has 0 radical (unpaired) electrons. The largest absolute Gasteiger partial charge is 0.316 e. The first kappa shape index (κ1) is 14.1. The Balaban J connectivity index is 2.01. The van der Waals surface area contributed by atoms with Crippen LogP contribution in [-0.2, 0) is 12.8 Å². The summed E-state index contributed by atoms with van der Waals surface area (Å²) >= 11 is 11.3. The molecule has 0 saturated heterocycles. The lowest BCUT2D eigenvalue weighted by Gasteiger charge is -2.15. The van der Waals surface area contributed by atoms with Crippen LogP contribution in [0.1, 0.15) is 10.4 Å². The maximum atomic E-state index is 6.01. The molecule has 2 rings (SSSR count). The number of benzene rings is 1. The Morgan fingerprint density at radius 3 is 2.72 bits per heavy atom. The van der Waals surface area contributed by atoms with Gasteiger partial charge in [-0.15, -0.1) is 11.3 Å². The van der Waals surface area contributed by atoms with Crippen molar-refractivity contribution in [2.75, 3.05) is 7.05 Å². The first-order valence-electron chi connectivity index (χ1n) is 5.83. The minimum absolute atomic E-state index is 0.439. The van der Waals surface area contributed by atoms with E-state index in [-0.39, 0.29) is 0 Å². The predicted octanol–water partition coefficient (Wildman–Crippen LogP) is 4.54. The summed E-state index contributed by atoms with van der Waals surface area (Å²) < 4.78 is 1.19. The number of thiophene rings is 1. The number of rotatable bonds is 5. The highest BCUT2D eigenvalue weighted by molar-refractivity contribution is 9.11. The molecular weight excluding hydrogens is 330 g/mol. The van der Waals surface area contributed by atoms with Crippen LogP contribution >= 0.6 is 38.9 Å². The van der Waals surface area contributed by atoms with Crippen molar-refractivity contribution in [2.24, 2.45) is 0 Å². The fourth-order valence-corrected chi connectivity index (χ4v) is 3.71. The molecule has 2 aromatic rings. The van der Waals surface area contributed by atoms with Gasteiger partial charge in [-0.3, -0.25) is 0 Å². The number of hydrogen-bond donors (Lipinski definition) is 1. The van der Waals surface area contributed by atoms with Gasteiger partial charge in [-0.05, 0) is 65.6 Å². The first-order valence-corrected chi connectivity index (χ1v) is 7.82. The van der Waals surface area contributed by atoms with Crippen molar-refractivity contribution in [3.05, 3.63) is 55.6 Å². The molecule has 0 amide bonds. The summed E-state index contributed by atoms with van der Waals surface area (Å²) in [5.74, 6) is 0. The third-order valence-corrected chi connectivity index (χ3v) is 4.74. The van der Waals surface area contributed by atoms with Crippen molar-refractivity contribution in [3.8, 4) is 0 Å². The average molecular weight is 345 g/mol. The summed E-state index contributed by atoms with van der Waals surface area (Å²) in [6.45, 7) is 0. The quantitative estimate of drug-likeness (QED) is 0.840. The van der Waals surface area contributed by atoms with Crippen molar-refractivity contribution in [2.45, 2.75) is 18.9 Å². The molecule has 0 saturated carbocycles. The van der Waals surface area contributed by atoms with E-state index >= 15 is 0 Å².